The lowest BCUT2D eigenvalue weighted by Gasteiger charge is -2.21. The Morgan fingerprint density at radius 2 is 1.76 bits per heavy atom. The first-order valence-corrected chi connectivity index (χ1v) is 7.23. The minimum atomic E-state index is 0.409. The van der Waals surface area contributed by atoms with Gasteiger partial charge in [0.05, 0.1) is 10.2 Å². The van der Waals surface area contributed by atoms with Crippen molar-refractivity contribution in [3.05, 3.63) is 21.1 Å². The summed E-state index contributed by atoms with van der Waals surface area (Å²) in [6.45, 7) is 1.61. The Bertz CT molecular complexity index is 431. The predicted molar refractivity (Wildman–Crippen MR) is 69.5 cm³/mol. The van der Waals surface area contributed by atoms with E-state index >= 15 is 0 Å². The summed E-state index contributed by atoms with van der Waals surface area (Å²) < 4.78 is 6.25. The molecule has 1 aliphatic heterocycles. The third-order valence-electron chi connectivity index (χ3n) is 3.40. The maximum absolute atomic E-state index is 6.18. The molecule has 1 saturated carbocycles. The molecule has 3 rings (SSSR count). The van der Waals surface area contributed by atoms with Crippen molar-refractivity contribution >= 4 is 27.5 Å². The molecule has 1 aromatic rings. The molecule has 0 radical (unpaired) electrons. The first-order valence-electron chi connectivity index (χ1n) is 6.06. The number of nitrogens with zero attached hydrogens (tertiary/aromatic N) is 2. The number of hydrogen-bond donors (Lipinski definition) is 0. The molecule has 2 aliphatic rings. The third kappa shape index (κ3) is 2.49. The summed E-state index contributed by atoms with van der Waals surface area (Å²) in [7, 11) is 0. The van der Waals surface area contributed by atoms with Crippen molar-refractivity contribution in [3.8, 4) is 0 Å². The van der Waals surface area contributed by atoms with Crippen LogP contribution in [-0.2, 0) is 4.74 Å². The second-order valence-electron chi connectivity index (χ2n) is 4.73. The summed E-state index contributed by atoms with van der Waals surface area (Å²) in [4.78, 5) is 9.14. The summed E-state index contributed by atoms with van der Waals surface area (Å²) in [5.74, 6) is 1.90. The Hall–Kier alpha value is -0.190. The van der Waals surface area contributed by atoms with Crippen LogP contribution >= 0.6 is 27.5 Å². The molecule has 2 heterocycles. The molecule has 0 aromatic carbocycles. The lowest BCUT2D eigenvalue weighted by molar-refractivity contribution is 0.0835. The molecular weight excluding hydrogens is 304 g/mol. The fourth-order valence-electron chi connectivity index (χ4n) is 2.22. The van der Waals surface area contributed by atoms with E-state index in [0.29, 0.717) is 17.0 Å². The molecular formula is C12H14BrClN2O. The van der Waals surface area contributed by atoms with Gasteiger partial charge in [0.2, 0.25) is 0 Å². The molecule has 1 aromatic heterocycles. The SMILES string of the molecule is Clc1nc(C2CCOCC2)nc(C2CC2)c1Br. The second kappa shape index (κ2) is 4.82. The van der Waals surface area contributed by atoms with Gasteiger partial charge in [-0.15, -0.1) is 0 Å². The fraction of sp³-hybridized carbons (Fsp3) is 0.667. The molecule has 3 nitrogen and oxygen atoms in total. The summed E-state index contributed by atoms with van der Waals surface area (Å²) in [5.41, 5.74) is 1.10. The Kier molecular flexibility index (Phi) is 3.37. The quantitative estimate of drug-likeness (QED) is 0.781. The van der Waals surface area contributed by atoms with Gasteiger partial charge in [-0.05, 0) is 41.6 Å². The lowest BCUT2D eigenvalue weighted by atomic mass is 9.99. The van der Waals surface area contributed by atoms with Gasteiger partial charge in [0.1, 0.15) is 11.0 Å². The smallest absolute Gasteiger partial charge is 0.147 e. The van der Waals surface area contributed by atoms with Crippen molar-refractivity contribution < 1.29 is 4.74 Å². The number of ether oxygens (including phenoxy) is 1. The van der Waals surface area contributed by atoms with Gasteiger partial charge >= 0.3 is 0 Å². The molecule has 0 amide bonds. The highest BCUT2D eigenvalue weighted by Crippen LogP contribution is 2.44. The topological polar surface area (TPSA) is 35.0 Å². The molecule has 0 atom stereocenters. The zero-order chi connectivity index (χ0) is 11.8. The van der Waals surface area contributed by atoms with Crippen LogP contribution in [0.5, 0.6) is 0 Å². The highest BCUT2D eigenvalue weighted by molar-refractivity contribution is 9.10. The molecule has 92 valence electrons. The first-order chi connectivity index (χ1) is 8.25. The van der Waals surface area contributed by atoms with E-state index in [1.165, 1.54) is 12.8 Å². The van der Waals surface area contributed by atoms with Crippen LogP contribution in [0.4, 0.5) is 0 Å². The van der Waals surface area contributed by atoms with Crippen LogP contribution in [0.15, 0.2) is 4.47 Å². The highest BCUT2D eigenvalue weighted by atomic mass is 79.9. The van der Waals surface area contributed by atoms with Crippen molar-refractivity contribution in [2.45, 2.75) is 37.5 Å². The largest absolute Gasteiger partial charge is 0.381 e. The van der Waals surface area contributed by atoms with Gasteiger partial charge in [-0.25, -0.2) is 9.97 Å². The van der Waals surface area contributed by atoms with E-state index < -0.39 is 0 Å². The maximum atomic E-state index is 6.18. The average Bonchev–Trinajstić information content (AvgIpc) is 3.18. The van der Waals surface area contributed by atoms with Crippen LogP contribution in [0.3, 0.4) is 0 Å². The normalized spacial score (nSPS) is 21.8. The van der Waals surface area contributed by atoms with Crippen LogP contribution in [-0.4, -0.2) is 23.2 Å². The Morgan fingerprint density at radius 1 is 1.06 bits per heavy atom. The van der Waals surface area contributed by atoms with Crippen LogP contribution in [0, 0.1) is 0 Å². The van der Waals surface area contributed by atoms with Crippen LogP contribution in [0.25, 0.3) is 0 Å². The molecule has 1 saturated heterocycles. The molecule has 0 bridgehead atoms. The first kappa shape index (κ1) is 11.9. The van der Waals surface area contributed by atoms with Crippen molar-refractivity contribution in [2.24, 2.45) is 0 Å². The molecule has 17 heavy (non-hydrogen) atoms. The van der Waals surface area contributed by atoms with E-state index in [4.69, 9.17) is 21.3 Å². The minimum absolute atomic E-state index is 0.409. The Morgan fingerprint density at radius 3 is 2.41 bits per heavy atom. The monoisotopic (exact) mass is 316 g/mol. The van der Waals surface area contributed by atoms with Gasteiger partial charge in [0.15, 0.2) is 0 Å². The molecule has 0 N–H and O–H groups in total. The lowest BCUT2D eigenvalue weighted by Crippen LogP contribution is -2.17. The molecule has 0 unspecified atom stereocenters. The Labute approximate surface area is 114 Å². The van der Waals surface area contributed by atoms with Gasteiger partial charge in [0.25, 0.3) is 0 Å². The predicted octanol–water partition coefficient (Wildman–Crippen LogP) is 3.66. The van der Waals surface area contributed by atoms with E-state index in [-0.39, 0.29) is 0 Å². The second-order valence-corrected chi connectivity index (χ2v) is 5.88. The summed E-state index contributed by atoms with van der Waals surface area (Å²) in [6, 6.07) is 0. The van der Waals surface area contributed by atoms with Crippen molar-refractivity contribution in [2.75, 3.05) is 13.2 Å². The van der Waals surface area contributed by atoms with Gasteiger partial charge in [-0.1, -0.05) is 11.6 Å². The zero-order valence-electron chi connectivity index (χ0n) is 9.46. The van der Waals surface area contributed by atoms with Crippen LogP contribution < -0.4 is 0 Å². The van der Waals surface area contributed by atoms with Gasteiger partial charge < -0.3 is 4.74 Å². The molecule has 0 spiro atoms. The van der Waals surface area contributed by atoms with Crippen LogP contribution in [0.2, 0.25) is 5.15 Å². The number of rotatable bonds is 2. The third-order valence-corrected chi connectivity index (χ3v) is 4.69. The zero-order valence-corrected chi connectivity index (χ0v) is 11.8. The van der Waals surface area contributed by atoms with E-state index in [2.05, 4.69) is 20.9 Å². The standard InChI is InChI=1S/C12H14BrClN2O/c13-9-10(7-1-2-7)15-12(16-11(9)14)8-3-5-17-6-4-8/h7-8H,1-6H2. The Balaban J connectivity index is 1.93. The summed E-state index contributed by atoms with van der Waals surface area (Å²) >= 11 is 9.68. The fourth-order valence-corrected chi connectivity index (χ4v) is 2.90. The van der Waals surface area contributed by atoms with E-state index in [9.17, 15) is 0 Å². The van der Waals surface area contributed by atoms with Crippen molar-refractivity contribution in [1.82, 2.24) is 9.97 Å². The van der Waals surface area contributed by atoms with Crippen molar-refractivity contribution in [3.63, 3.8) is 0 Å². The van der Waals surface area contributed by atoms with E-state index in [1.54, 1.807) is 0 Å². The number of aromatic nitrogens is 2. The van der Waals surface area contributed by atoms with Gasteiger partial charge in [0, 0.05) is 25.0 Å². The van der Waals surface area contributed by atoms with Gasteiger partial charge in [-0.3, -0.25) is 0 Å². The molecule has 2 fully saturated rings. The molecule has 5 heteroatoms. The van der Waals surface area contributed by atoms with Gasteiger partial charge in [-0.2, -0.15) is 0 Å². The number of hydrogen-bond acceptors (Lipinski definition) is 3. The number of halogens is 2. The van der Waals surface area contributed by atoms with E-state index in [1.807, 2.05) is 0 Å². The highest BCUT2D eigenvalue weighted by Gasteiger charge is 2.30. The van der Waals surface area contributed by atoms with E-state index in [0.717, 1.165) is 42.0 Å². The molecule has 1 aliphatic carbocycles. The van der Waals surface area contributed by atoms with Crippen molar-refractivity contribution in [1.29, 1.82) is 0 Å². The summed E-state index contributed by atoms with van der Waals surface area (Å²) in [6.07, 6.45) is 4.45. The minimum Gasteiger partial charge on any atom is -0.381 e. The maximum Gasteiger partial charge on any atom is 0.147 e. The van der Waals surface area contributed by atoms with Crippen LogP contribution in [0.1, 0.15) is 49.0 Å². The summed E-state index contributed by atoms with van der Waals surface area (Å²) in [5, 5.41) is 0.559. The average molecular weight is 318 g/mol.